The Kier molecular flexibility index (Phi) is 3.20. The lowest BCUT2D eigenvalue weighted by molar-refractivity contribution is 0.476. The van der Waals surface area contributed by atoms with Crippen LogP contribution in [0, 0.1) is 11.3 Å². The lowest BCUT2D eigenvalue weighted by atomic mass is 10.1. The van der Waals surface area contributed by atoms with Crippen molar-refractivity contribution in [3.63, 3.8) is 0 Å². The second-order valence-corrected chi connectivity index (χ2v) is 4.91. The molecule has 2 heterocycles. The standard InChI is InChI=1S/C16H14N4O/c1-11-2-7-15(18-9-11)20-16(21)14(10-19-20)13-5-3-12(8-17)4-6-13/h2-7,9-10,15,18-19H,1H3. The van der Waals surface area contributed by atoms with Crippen LogP contribution in [0.25, 0.3) is 11.1 Å². The van der Waals surface area contributed by atoms with Gasteiger partial charge < -0.3 is 5.32 Å². The topological polar surface area (TPSA) is 73.6 Å². The normalized spacial score (nSPS) is 17.0. The minimum Gasteiger partial charge on any atom is -0.366 e. The van der Waals surface area contributed by atoms with Crippen molar-refractivity contribution >= 4 is 0 Å². The molecule has 1 aliphatic heterocycles. The van der Waals surface area contributed by atoms with E-state index in [2.05, 4.69) is 16.5 Å². The first-order chi connectivity index (χ1) is 10.2. The van der Waals surface area contributed by atoms with Gasteiger partial charge in [0.05, 0.1) is 17.2 Å². The predicted molar refractivity (Wildman–Crippen MR) is 80.3 cm³/mol. The van der Waals surface area contributed by atoms with Gasteiger partial charge in [-0.2, -0.15) is 5.26 Å². The van der Waals surface area contributed by atoms with Gasteiger partial charge >= 0.3 is 0 Å². The molecule has 2 N–H and O–H groups in total. The van der Waals surface area contributed by atoms with Gasteiger partial charge in [0, 0.05) is 12.4 Å². The molecular weight excluding hydrogens is 264 g/mol. The lowest BCUT2D eigenvalue weighted by Gasteiger charge is -2.17. The third-order valence-corrected chi connectivity index (χ3v) is 3.42. The zero-order valence-corrected chi connectivity index (χ0v) is 11.5. The Bertz CT molecular complexity index is 815. The van der Waals surface area contributed by atoms with Gasteiger partial charge in [-0.15, -0.1) is 0 Å². The molecule has 1 unspecified atom stereocenters. The summed E-state index contributed by atoms with van der Waals surface area (Å²) in [6.07, 6.45) is 7.24. The SMILES string of the molecule is CC1=CNC(n2[nH]cc(-c3ccc(C#N)cc3)c2=O)C=C1. The van der Waals surface area contributed by atoms with Gasteiger partial charge in [0.1, 0.15) is 6.17 Å². The van der Waals surface area contributed by atoms with Crippen LogP contribution in [0.15, 0.2) is 59.2 Å². The summed E-state index contributed by atoms with van der Waals surface area (Å²) in [5.41, 5.74) is 2.96. The molecule has 5 nitrogen and oxygen atoms in total. The Hall–Kier alpha value is -3.00. The molecule has 1 aromatic heterocycles. The van der Waals surface area contributed by atoms with Gasteiger partial charge in [-0.1, -0.05) is 18.2 Å². The highest BCUT2D eigenvalue weighted by molar-refractivity contribution is 5.62. The summed E-state index contributed by atoms with van der Waals surface area (Å²) in [4.78, 5) is 12.5. The van der Waals surface area contributed by atoms with Crippen molar-refractivity contribution < 1.29 is 0 Å². The zero-order valence-electron chi connectivity index (χ0n) is 11.5. The van der Waals surface area contributed by atoms with E-state index in [-0.39, 0.29) is 11.7 Å². The molecule has 104 valence electrons. The highest BCUT2D eigenvalue weighted by atomic mass is 16.1. The molecule has 0 amide bonds. The lowest BCUT2D eigenvalue weighted by Crippen LogP contribution is -2.31. The average molecular weight is 278 g/mol. The summed E-state index contributed by atoms with van der Waals surface area (Å²) in [5.74, 6) is 0. The fraction of sp³-hybridized carbons (Fsp3) is 0.125. The summed E-state index contributed by atoms with van der Waals surface area (Å²) in [5, 5.41) is 14.9. The van der Waals surface area contributed by atoms with Crippen LogP contribution in [0.2, 0.25) is 0 Å². The quantitative estimate of drug-likeness (QED) is 0.885. The first-order valence-corrected chi connectivity index (χ1v) is 6.60. The van der Waals surface area contributed by atoms with E-state index in [0.717, 1.165) is 11.1 Å². The van der Waals surface area contributed by atoms with Gasteiger partial charge in [0.15, 0.2) is 0 Å². The van der Waals surface area contributed by atoms with E-state index in [4.69, 9.17) is 5.26 Å². The highest BCUT2D eigenvalue weighted by Gasteiger charge is 2.15. The van der Waals surface area contributed by atoms with E-state index in [1.54, 1.807) is 30.5 Å². The minimum atomic E-state index is -0.215. The number of allylic oxidation sites excluding steroid dienone is 2. The van der Waals surface area contributed by atoms with Crippen LogP contribution in [-0.4, -0.2) is 9.78 Å². The van der Waals surface area contributed by atoms with Crippen LogP contribution in [-0.2, 0) is 0 Å². The summed E-state index contributed by atoms with van der Waals surface area (Å²) in [6.45, 7) is 1.99. The molecule has 2 aromatic rings. The summed E-state index contributed by atoms with van der Waals surface area (Å²) < 4.78 is 1.53. The number of nitrogens with zero attached hydrogens (tertiary/aromatic N) is 2. The Labute approximate surface area is 121 Å². The number of aromatic amines is 1. The number of hydrogen-bond donors (Lipinski definition) is 2. The Morgan fingerprint density at radius 3 is 2.67 bits per heavy atom. The number of rotatable bonds is 2. The number of hydrogen-bond acceptors (Lipinski definition) is 3. The molecule has 0 fully saturated rings. The van der Waals surface area contributed by atoms with Crippen molar-refractivity contribution in [2.75, 3.05) is 0 Å². The number of nitrogens with one attached hydrogen (secondary N) is 2. The number of H-pyrrole nitrogens is 1. The average Bonchev–Trinajstić information content (AvgIpc) is 2.90. The molecule has 0 bridgehead atoms. The van der Waals surface area contributed by atoms with Gasteiger partial charge in [0.2, 0.25) is 0 Å². The largest absolute Gasteiger partial charge is 0.366 e. The summed E-state index contributed by atoms with van der Waals surface area (Å²) >= 11 is 0. The maximum Gasteiger partial charge on any atom is 0.276 e. The van der Waals surface area contributed by atoms with Gasteiger partial charge in [-0.05, 0) is 36.3 Å². The second-order valence-electron chi connectivity index (χ2n) is 4.91. The van der Waals surface area contributed by atoms with Crippen molar-refractivity contribution in [3.8, 4) is 17.2 Å². The first-order valence-electron chi connectivity index (χ1n) is 6.60. The maximum absolute atomic E-state index is 12.5. The molecule has 0 saturated carbocycles. The van der Waals surface area contributed by atoms with Crippen molar-refractivity contribution in [3.05, 3.63) is 70.3 Å². The van der Waals surface area contributed by atoms with Gasteiger partial charge in [-0.3, -0.25) is 9.89 Å². The van der Waals surface area contributed by atoms with E-state index in [9.17, 15) is 4.79 Å². The number of dihydropyridines is 1. The molecule has 1 atom stereocenters. The number of nitriles is 1. The second kappa shape index (κ2) is 5.17. The fourth-order valence-electron chi connectivity index (χ4n) is 2.25. The highest BCUT2D eigenvalue weighted by Crippen LogP contribution is 2.17. The van der Waals surface area contributed by atoms with E-state index in [1.165, 1.54) is 4.68 Å². The molecule has 1 aliphatic rings. The molecule has 5 heteroatoms. The third kappa shape index (κ3) is 2.39. The van der Waals surface area contributed by atoms with Crippen LogP contribution < -0.4 is 10.9 Å². The van der Waals surface area contributed by atoms with Crippen molar-refractivity contribution in [1.29, 1.82) is 5.26 Å². The Balaban J connectivity index is 1.94. The van der Waals surface area contributed by atoms with Gasteiger partial charge in [-0.25, -0.2) is 4.68 Å². The van der Waals surface area contributed by atoms with Crippen LogP contribution in [0.1, 0.15) is 18.7 Å². The number of aromatic nitrogens is 2. The van der Waals surface area contributed by atoms with Crippen LogP contribution in [0.4, 0.5) is 0 Å². The predicted octanol–water partition coefficient (Wildman–Crippen LogP) is 2.28. The van der Waals surface area contributed by atoms with Crippen LogP contribution >= 0.6 is 0 Å². The Morgan fingerprint density at radius 2 is 2.05 bits per heavy atom. The molecule has 0 aliphatic carbocycles. The monoisotopic (exact) mass is 278 g/mol. The molecular formula is C16H14N4O. The number of benzene rings is 1. The molecule has 3 rings (SSSR count). The van der Waals surface area contributed by atoms with E-state index in [0.29, 0.717) is 11.1 Å². The van der Waals surface area contributed by atoms with Crippen LogP contribution in [0.5, 0.6) is 0 Å². The van der Waals surface area contributed by atoms with Crippen molar-refractivity contribution in [2.24, 2.45) is 0 Å². The van der Waals surface area contributed by atoms with E-state index in [1.807, 2.05) is 25.3 Å². The smallest absolute Gasteiger partial charge is 0.276 e. The van der Waals surface area contributed by atoms with Crippen LogP contribution in [0.3, 0.4) is 0 Å². The van der Waals surface area contributed by atoms with Crippen molar-refractivity contribution in [2.45, 2.75) is 13.1 Å². The third-order valence-electron chi connectivity index (χ3n) is 3.42. The fourth-order valence-corrected chi connectivity index (χ4v) is 2.25. The molecule has 0 radical (unpaired) electrons. The van der Waals surface area contributed by atoms with E-state index < -0.39 is 0 Å². The summed E-state index contributed by atoms with van der Waals surface area (Å²) in [6, 6.07) is 9.03. The first kappa shape index (κ1) is 13.0. The van der Waals surface area contributed by atoms with Gasteiger partial charge in [0.25, 0.3) is 5.56 Å². The molecule has 21 heavy (non-hydrogen) atoms. The Morgan fingerprint density at radius 1 is 1.29 bits per heavy atom. The molecule has 1 aromatic carbocycles. The zero-order chi connectivity index (χ0) is 14.8. The summed E-state index contributed by atoms with van der Waals surface area (Å²) in [7, 11) is 0. The molecule has 0 spiro atoms. The molecule has 0 saturated heterocycles. The van der Waals surface area contributed by atoms with Crippen molar-refractivity contribution in [1.82, 2.24) is 15.1 Å². The minimum absolute atomic E-state index is 0.102. The van der Waals surface area contributed by atoms with E-state index >= 15 is 0 Å². The maximum atomic E-state index is 12.5.